The van der Waals surface area contributed by atoms with Gasteiger partial charge in [0.25, 0.3) is 0 Å². The van der Waals surface area contributed by atoms with Crippen LogP contribution in [0.3, 0.4) is 0 Å². The summed E-state index contributed by atoms with van der Waals surface area (Å²) in [5.74, 6) is 1.07. The van der Waals surface area contributed by atoms with Crippen LogP contribution in [-0.2, 0) is 21.4 Å². The van der Waals surface area contributed by atoms with Crippen molar-refractivity contribution in [3.8, 4) is 11.4 Å². The minimum atomic E-state index is -3.79. The number of anilines is 1. The Morgan fingerprint density at radius 3 is 2.58 bits per heavy atom. The lowest BCUT2D eigenvalue weighted by molar-refractivity contribution is -0.113. The number of halogens is 1. The van der Waals surface area contributed by atoms with Crippen LogP contribution in [0.25, 0.3) is 11.4 Å². The number of hydrogen-bond acceptors (Lipinski definition) is 7. The Morgan fingerprint density at radius 1 is 1.12 bits per heavy atom. The van der Waals surface area contributed by atoms with Gasteiger partial charge in [-0.05, 0) is 48.5 Å². The number of rotatable bonds is 8. The molecule has 12 heteroatoms. The molecule has 0 aliphatic rings. The standard InChI is InChI=1S/C21H18ClN5O4S2/c22-15-4-1-3-14(11-15)20-25-26-21(27(20)12-17-5-2-10-31-17)32-13-19(28)24-16-6-8-18(9-7-16)33(23,29)30/h1-11H,12-13H2,(H,24,28)(H2,23,29,30). The van der Waals surface area contributed by atoms with E-state index in [2.05, 4.69) is 15.5 Å². The van der Waals surface area contributed by atoms with Crippen molar-refractivity contribution in [2.45, 2.75) is 16.6 Å². The van der Waals surface area contributed by atoms with Gasteiger partial charge in [-0.15, -0.1) is 10.2 Å². The number of thioether (sulfide) groups is 1. The summed E-state index contributed by atoms with van der Waals surface area (Å²) in [6.45, 7) is 0.376. The molecular weight excluding hydrogens is 486 g/mol. The molecule has 0 saturated heterocycles. The summed E-state index contributed by atoms with van der Waals surface area (Å²) in [5, 5.41) is 17.4. The van der Waals surface area contributed by atoms with E-state index in [9.17, 15) is 13.2 Å². The summed E-state index contributed by atoms with van der Waals surface area (Å²) < 4.78 is 30.0. The van der Waals surface area contributed by atoms with Gasteiger partial charge in [-0.3, -0.25) is 9.36 Å². The van der Waals surface area contributed by atoms with Crippen molar-refractivity contribution >= 4 is 45.0 Å². The van der Waals surface area contributed by atoms with Crippen molar-refractivity contribution in [3.63, 3.8) is 0 Å². The van der Waals surface area contributed by atoms with Crippen LogP contribution in [0.2, 0.25) is 5.02 Å². The molecule has 0 fully saturated rings. The normalized spacial score (nSPS) is 11.5. The number of aromatic nitrogens is 3. The van der Waals surface area contributed by atoms with Crippen molar-refractivity contribution in [1.82, 2.24) is 14.8 Å². The van der Waals surface area contributed by atoms with E-state index in [1.165, 1.54) is 36.0 Å². The monoisotopic (exact) mass is 503 g/mol. The summed E-state index contributed by atoms with van der Waals surface area (Å²) >= 11 is 7.35. The maximum atomic E-state index is 12.4. The number of amides is 1. The molecule has 0 unspecified atom stereocenters. The van der Waals surface area contributed by atoms with E-state index in [0.717, 1.165) is 5.56 Å². The Balaban J connectivity index is 1.50. The number of hydrogen-bond donors (Lipinski definition) is 2. The van der Waals surface area contributed by atoms with E-state index in [1.807, 2.05) is 22.8 Å². The fourth-order valence-electron chi connectivity index (χ4n) is 2.99. The van der Waals surface area contributed by atoms with E-state index in [0.29, 0.717) is 34.0 Å². The first kappa shape index (κ1) is 23.1. The van der Waals surface area contributed by atoms with Crippen LogP contribution in [0, 0.1) is 0 Å². The third-order valence-corrected chi connectivity index (χ3v) is 6.62. The number of nitrogens with zero attached hydrogens (tertiary/aromatic N) is 3. The van der Waals surface area contributed by atoms with Gasteiger partial charge < -0.3 is 9.73 Å². The Morgan fingerprint density at radius 2 is 1.91 bits per heavy atom. The molecule has 33 heavy (non-hydrogen) atoms. The third kappa shape index (κ3) is 5.82. The summed E-state index contributed by atoms with van der Waals surface area (Å²) in [6, 6.07) is 16.5. The molecule has 2 heterocycles. The number of nitrogens with one attached hydrogen (secondary N) is 1. The highest BCUT2D eigenvalue weighted by atomic mass is 35.5. The number of furan rings is 1. The maximum absolute atomic E-state index is 12.4. The predicted octanol–water partition coefficient (Wildman–Crippen LogP) is 3.62. The van der Waals surface area contributed by atoms with Crippen molar-refractivity contribution in [3.05, 3.63) is 77.7 Å². The molecule has 0 aliphatic heterocycles. The second kappa shape index (κ2) is 9.79. The lowest BCUT2D eigenvalue weighted by Gasteiger charge is -2.09. The molecule has 0 aliphatic carbocycles. The van der Waals surface area contributed by atoms with Crippen LogP contribution >= 0.6 is 23.4 Å². The highest BCUT2D eigenvalue weighted by Gasteiger charge is 2.17. The Hall–Kier alpha value is -3.12. The van der Waals surface area contributed by atoms with Crippen LogP contribution in [0.15, 0.2) is 81.4 Å². The second-order valence-corrected chi connectivity index (χ2v) is 9.83. The molecule has 0 bridgehead atoms. The van der Waals surface area contributed by atoms with Crippen molar-refractivity contribution in [2.75, 3.05) is 11.1 Å². The van der Waals surface area contributed by atoms with E-state index in [4.69, 9.17) is 21.2 Å². The van der Waals surface area contributed by atoms with Crippen LogP contribution in [-0.4, -0.2) is 34.8 Å². The quantitative estimate of drug-likeness (QED) is 0.351. The van der Waals surface area contributed by atoms with Gasteiger partial charge in [0.05, 0.1) is 23.5 Å². The number of carbonyl (C=O) groups is 1. The fraction of sp³-hybridized carbons (Fsp3) is 0.0952. The highest BCUT2D eigenvalue weighted by molar-refractivity contribution is 7.99. The number of carbonyl (C=O) groups excluding carboxylic acids is 1. The minimum absolute atomic E-state index is 0.0329. The average molecular weight is 504 g/mol. The van der Waals surface area contributed by atoms with Gasteiger partial charge in [0, 0.05) is 16.3 Å². The molecule has 3 N–H and O–H groups in total. The van der Waals surface area contributed by atoms with E-state index in [-0.39, 0.29) is 16.6 Å². The summed E-state index contributed by atoms with van der Waals surface area (Å²) in [7, 11) is -3.79. The predicted molar refractivity (Wildman–Crippen MR) is 125 cm³/mol. The minimum Gasteiger partial charge on any atom is -0.467 e. The van der Waals surface area contributed by atoms with Gasteiger partial charge in [-0.2, -0.15) is 0 Å². The first-order chi connectivity index (χ1) is 15.8. The summed E-state index contributed by atoms with van der Waals surface area (Å²) in [6.07, 6.45) is 1.58. The molecule has 2 aromatic carbocycles. The van der Waals surface area contributed by atoms with Gasteiger partial charge in [0.15, 0.2) is 11.0 Å². The number of benzene rings is 2. The zero-order chi connectivity index (χ0) is 23.4. The lowest BCUT2D eigenvalue weighted by Crippen LogP contribution is -2.15. The molecule has 4 rings (SSSR count). The topological polar surface area (TPSA) is 133 Å². The number of primary sulfonamides is 1. The van der Waals surface area contributed by atoms with Gasteiger partial charge in [-0.25, -0.2) is 13.6 Å². The Labute approximate surface area is 199 Å². The summed E-state index contributed by atoms with van der Waals surface area (Å²) in [4.78, 5) is 12.4. The van der Waals surface area contributed by atoms with Crippen molar-refractivity contribution in [1.29, 1.82) is 0 Å². The number of sulfonamides is 1. The molecule has 0 saturated carbocycles. The Bertz CT molecular complexity index is 1370. The Kier molecular flexibility index (Phi) is 6.84. The number of nitrogens with two attached hydrogens (primary N) is 1. The average Bonchev–Trinajstić information content (AvgIpc) is 3.42. The largest absolute Gasteiger partial charge is 0.467 e. The molecule has 170 valence electrons. The molecule has 1 amide bonds. The second-order valence-electron chi connectivity index (χ2n) is 6.89. The van der Waals surface area contributed by atoms with Gasteiger partial charge in [-0.1, -0.05) is 35.5 Å². The lowest BCUT2D eigenvalue weighted by atomic mass is 10.2. The van der Waals surface area contributed by atoms with Crippen molar-refractivity contribution < 1.29 is 17.6 Å². The zero-order valence-electron chi connectivity index (χ0n) is 17.0. The van der Waals surface area contributed by atoms with Gasteiger partial charge in [0.1, 0.15) is 5.76 Å². The molecular formula is C21H18ClN5O4S2. The molecule has 0 spiro atoms. The highest BCUT2D eigenvalue weighted by Crippen LogP contribution is 2.27. The zero-order valence-corrected chi connectivity index (χ0v) is 19.4. The van der Waals surface area contributed by atoms with Crippen LogP contribution in [0.4, 0.5) is 5.69 Å². The first-order valence-electron chi connectivity index (χ1n) is 9.56. The van der Waals surface area contributed by atoms with E-state index in [1.54, 1.807) is 24.5 Å². The molecule has 0 atom stereocenters. The molecule has 4 aromatic rings. The van der Waals surface area contributed by atoms with Gasteiger partial charge in [0.2, 0.25) is 15.9 Å². The van der Waals surface area contributed by atoms with Crippen molar-refractivity contribution in [2.24, 2.45) is 5.14 Å². The van der Waals surface area contributed by atoms with Crippen LogP contribution in [0.5, 0.6) is 0 Å². The van der Waals surface area contributed by atoms with Crippen LogP contribution in [0.1, 0.15) is 5.76 Å². The van der Waals surface area contributed by atoms with Crippen LogP contribution < -0.4 is 10.5 Å². The molecule has 2 aromatic heterocycles. The SMILES string of the molecule is NS(=O)(=O)c1ccc(NC(=O)CSc2nnc(-c3cccc(Cl)c3)n2Cc2ccco2)cc1. The first-order valence-corrected chi connectivity index (χ1v) is 12.5. The van der Waals surface area contributed by atoms with E-state index >= 15 is 0 Å². The fourth-order valence-corrected chi connectivity index (χ4v) is 4.44. The van der Waals surface area contributed by atoms with Gasteiger partial charge >= 0.3 is 0 Å². The summed E-state index contributed by atoms with van der Waals surface area (Å²) in [5.41, 5.74) is 1.23. The third-order valence-electron chi connectivity index (χ3n) is 4.49. The van der Waals surface area contributed by atoms with E-state index < -0.39 is 10.0 Å². The maximum Gasteiger partial charge on any atom is 0.238 e. The molecule has 0 radical (unpaired) electrons. The smallest absolute Gasteiger partial charge is 0.238 e. The molecule has 9 nitrogen and oxygen atoms in total.